The van der Waals surface area contributed by atoms with Crippen molar-refractivity contribution in [2.45, 2.75) is 13.5 Å². The van der Waals surface area contributed by atoms with Crippen molar-refractivity contribution in [3.8, 4) is 0 Å². The Morgan fingerprint density at radius 3 is 2.86 bits per heavy atom. The largest absolute Gasteiger partial charge is 0.442 e. The molecular formula is C14H15N5O3. The first-order valence-corrected chi connectivity index (χ1v) is 6.68. The van der Waals surface area contributed by atoms with Crippen molar-refractivity contribution in [1.29, 1.82) is 0 Å². The van der Waals surface area contributed by atoms with Crippen LogP contribution >= 0.6 is 0 Å². The lowest BCUT2D eigenvalue weighted by Crippen LogP contribution is -2.25. The van der Waals surface area contributed by atoms with E-state index in [9.17, 15) is 9.59 Å². The highest BCUT2D eigenvalue weighted by Crippen LogP contribution is 2.20. The second-order valence-electron chi connectivity index (χ2n) is 5.08. The summed E-state index contributed by atoms with van der Waals surface area (Å²) in [4.78, 5) is 28.7. The summed E-state index contributed by atoms with van der Waals surface area (Å²) in [6.45, 7) is 1.96. The number of rotatable bonds is 3. The van der Waals surface area contributed by atoms with Gasteiger partial charge in [0.25, 0.3) is 11.5 Å². The van der Waals surface area contributed by atoms with E-state index in [2.05, 4.69) is 15.4 Å². The fourth-order valence-corrected chi connectivity index (χ4v) is 2.29. The smallest absolute Gasteiger partial charge is 0.265 e. The number of hydrogen-bond donors (Lipinski definition) is 1. The molecule has 8 heteroatoms. The van der Waals surface area contributed by atoms with E-state index in [0.717, 1.165) is 5.56 Å². The number of carbonyl (C=O) groups excluding carboxylic acids is 1. The first-order valence-electron chi connectivity index (χ1n) is 6.68. The Hall–Kier alpha value is -2.90. The van der Waals surface area contributed by atoms with E-state index in [4.69, 9.17) is 4.42 Å². The molecule has 0 fully saturated rings. The van der Waals surface area contributed by atoms with Crippen LogP contribution in [0.3, 0.4) is 0 Å². The molecule has 0 saturated carbocycles. The monoisotopic (exact) mass is 301 g/mol. The van der Waals surface area contributed by atoms with Gasteiger partial charge in [-0.3, -0.25) is 14.3 Å². The number of carbonyl (C=O) groups is 1. The second kappa shape index (κ2) is 5.14. The molecular weight excluding hydrogens is 286 g/mol. The van der Waals surface area contributed by atoms with Gasteiger partial charge in [0.15, 0.2) is 0 Å². The molecule has 0 spiro atoms. The van der Waals surface area contributed by atoms with Gasteiger partial charge in [-0.1, -0.05) is 0 Å². The number of aryl methyl sites for hydroxylation is 3. The Labute approximate surface area is 125 Å². The third-order valence-electron chi connectivity index (χ3n) is 3.39. The fraction of sp³-hybridized carbons (Fsp3) is 0.286. The average molecular weight is 301 g/mol. The summed E-state index contributed by atoms with van der Waals surface area (Å²) in [5.41, 5.74) is 0.959. The van der Waals surface area contributed by atoms with Crippen molar-refractivity contribution in [3.63, 3.8) is 0 Å². The van der Waals surface area contributed by atoms with Gasteiger partial charge < -0.3 is 14.3 Å². The zero-order valence-electron chi connectivity index (χ0n) is 12.5. The molecule has 114 valence electrons. The van der Waals surface area contributed by atoms with E-state index in [0.29, 0.717) is 12.3 Å². The van der Waals surface area contributed by atoms with Gasteiger partial charge >= 0.3 is 0 Å². The molecule has 22 heavy (non-hydrogen) atoms. The highest BCUT2D eigenvalue weighted by atomic mass is 16.3. The number of aromatic nitrogens is 4. The summed E-state index contributed by atoms with van der Waals surface area (Å²) in [6, 6.07) is 0. The van der Waals surface area contributed by atoms with Gasteiger partial charge in [0.1, 0.15) is 17.5 Å². The number of nitrogens with one attached hydrogen (secondary N) is 1. The normalized spacial score (nSPS) is 11.0. The van der Waals surface area contributed by atoms with Gasteiger partial charge in [-0.2, -0.15) is 5.10 Å². The van der Waals surface area contributed by atoms with Gasteiger partial charge in [0, 0.05) is 32.4 Å². The zero-order valence-corrected chi connectivity index (χ0v) is 12.5. The van der Waals surface area contributed by atoms with E-state index >= 15 is 0 Å². The van der Waals surface area contributed by atoms with E-state index < -0.39 is 0 Å². The molecule has 0 aliphatic heterocycles. The number of hydrogen-bond acceptors (Lipinski definition) is 5. The summed E-state index contributed by atoms with van der Waals surface area (Å²) in [5, 5.41) is 7.00. The molecule has 0 aromatic carbocycles. The average Bonchev–Trinajstić information content (AvgIpc) is 3.04. The van der Waals surface area contributed by atoms with Crippen LogP contribution in [0.4, 0.5) is 0 Å². The fourth-order valence-electron chi connectivity index (χ4n) is 2.29. The molecule has 1 N–H and O–H groups in total. The lowest BCUT2D eigenvalue weighted by atomic mass is 10.1. The molecule has 3 heterocycles. The zero-order chi connectivity index (χ0) is 15.9. The van der Waals surface area contributed by atoms with Crippen molar-refractivity contribution >= 4 is 17.0 Å². The summed E-state index contributed by atoms with van der Waals surface area (Å²) in [5.74, 6) is -0.000287. The Kier molecular flexibility index (Phi) is 3.28. The van der Waals surface area contributed by atoms with Crippen molar-refractivity contribution < 1.29 is 9.21 Å². The minimum Gasteiger partial charge on any atom is -0.442 e. The minimum atomic E-state index is -0.370. The predicted octanol–water partition coefficient (Wildman–Crippen LogP) is 0.498. The van der Waals surface area contributed by atoms with Crippen molar-refractivity contribution in [1.82, 2.24) is 24.6 Å². The predicted molar refractivity (Wildman–Crippen MR) is 78.4 cm³/mol. The van der Waals surface area contributed by atoms with Crippen molar-refractivity contribution in [3.05, 3.63) is 46.0 Å². The minimum absolute atomic E-state index is 0.173. The molecule has 0 saturated heterocycles. The summed E-state index contributed by atoms with van der Waals surface area (Å²) < 4.78 is 8.38. The molecule has 0 aliphatic rings. The van der Waals surface area contributed by atoms with Crippen LogP contribution in [0.5, 0.6) is 0 Å². The standard InChI is InChI=1S/C14H15N5O3/c1-8-10(11-13(22-8)16-7-18(2)14(11)21)12(20)15-4-9-5-17-19(3)6-9/h5-7H,4H2,1-3H3,(H,15,20). The molecule has 8 nitrogen and oxygen atoms in total. The Morgan fingerprint density at radius 1 is 1.41 bits per heavy atom. The van der Waals surface area contributed by atoms with Crippen molar-refractivity contribution in [2.75, 3.05) is 0 Å². The quantitative estimate of drug-likeness (QED) is 0.760. The number of nitrogens with zero attached hydrogens (tertiary/aromatic N) is 4. The summed E-state index contributed by atoms with van der Waals surface area (Å²) >= 11 is 0. The van der Waals surface area contributed by atoms with E-state index in [-0.39, 0.29) is 28.1 Å². The molecule has 0 bridgehead atoms. The lowest BCUT2D eigenvalue weighted by molar-refractivity contribution is 0.0950. The van der Waals surface area contributed by atoms with E-state index in [1.807, 2.05) is 0 Å². The molecule has 0 radical (unpaired) electrons. The van der Waals surface area contributed by atoms with Gasteiger partial charge in [0.2, 0.25) is 5.71 Å². The Balaban J connectivity index is 1.95. The highest BCUT2D eigenvalue weighted by molar-refractivity contribution is 6.06. The van der Waals surface area contributed by atoms with Crippen LogP contribution in [0.15, 0.2) is 27.9 Å². The molecule has 0 aliphatic carbocycles. The third kappa shape index (κ3) is 2.28. The van der Waals surface area contributed by atoms with Gasteiger partial charge in [-0.25, -0.2) is 4.98 Å². The van der Waals surface area contributed by atoms with Crippen LogP contribution in [-0.4, -0.2) is 25.2 Å². The maximum atomic E-state index is 12.4. The maximum Gasteiger partial charge on any atom is 0.265 e. The van der Waals surface area contributed by atoms with Gasteiger partial charge in [0.05, 0.1) is 11.8 Å². The van der Waals surface area contributed by atoms with Crippen LogP contribution < -0.4 is 10.9 Å². The highest BCUT2D eigenvalue weighted by Gasteiger charge is 2.22. The van der Waals surface area contributed by atoms with Crippen LogP contribution in [-0.2, 0) is 20.6 Å². The van der Waals surface area contributed by atoms with E-state index in [1.165, 1.54) is 10.9 Å². The first kappa shape index (κ1) is 14.1. The molecule has 3 aromatic heterocycles. The Bertz CT molecular complexity index is 918. The maximum absolute atomic E-state index is 12.4. The molecule has 0 unspecified atom stereocenters. The van der Waals surface area contributed by atoms with Gasteiger partial charge in [-0.05, 0) is 6.92 Å². The summed E-state index contributed by atoms with van der Waals surface area (Å²) in [6.07, 6.45) is 4.84. The molecule has 1 amide bonds. The second-order valence-corrected chi connectivity index (χ2v) is 5.08. The van der Waals surface area contributed by atoms with Crippen molar-refractivity contribution in [2.24, 2.45) is 14.1 Å². The van der Waals surface area contributed by atoms with Crippen LogP contribution in [0.2, 0.25) is 0 Å². The Morgan fingerprint density at radius 2 is 2.18 bits per heavy atom. The number of fused-ring (bicyclic) bond motifs is 1. The van der Waals surface area contributed by atoms with E-state index in [1.54, 1.807) is 38.1 Å². The molecule has 0 atom stereocenters. The molecule has 3 aromatic rings. The summed E-state index contributed by atoms with van der Waals surface area (Å²) in [7, 11) is 3.38. The lowest BCUT2D eigenvalue weighted by Gasteiger charge is -2.03. The van der Waals surface area contributed by atoms with Crippen LogP contribution in [0.1, 0.15) is 21.7 Å². The van der Waals surface area contributed by atoms with Crippen LogP contribution in [0.25, 0.3) is 11.1 Å². The SMILES string of the molecule is Cc1oc2ncn(C)c(=O)c2c1C(=O)NCc1cnn(C)c1. The molecule has 3 rings (SSSR count). The van der Waals surface area contributed by atoms with Gasteiger partial charge in [-0.15, -0.1) is 0 Å². The third-order valence-corrected chi connectivity index (χ3v) is 3.39. The van der Waals surface area contributed by atoms with Crippen LogP contribution in [0, 0.1) is 6.92 Å². The first-order chi connectivity index (χ1) is 10.5. The topological polar surface area (TPSA) is 94.9 Å². The number of furan rings is 1. The number of amides is 1.